The number of amides is 1. The lowest BCUT2D eigenvalue weighted by atomic mass is 10.1. The Morgan fingerprint density at radius 3 is 2.52 bits per heavy atom. The summed E-state index contributed by atoms with van der Waals surface area (Å²) in [5.74, 6) is 1.26. The maximum atomic E-state index is 13.3. The van der Waals surface area contributed by atoms with Crippen molar-refractivity contribution in [2.75, 3.05) is 20.8 Å². The van der Waals surface area contributed by atoms with Gasteiger partial charge in [0.15, 0.2) is 17.1 Å². The highest BCUT2D eigenvalue weighted by Crippen LogP contribution is 2.28. The van der Waals surface area contributed by atoms with Crippen LogP contribution in [0.1, 0.15) is 48.4 Å². The zero-order chi connectivity index (χ0) is 21.1. The van der Waals surface area contributed by atoms with Crippen LogP contribution in [0.3, 0.4) is 0 Å². The molecule has 0 aliphatic carbocycles. The first-order valence-electron chi connectivity index (χ1n) is 9.74. The van der Waals surface area contributed by atoms with Crippen LogP contribution in [0.15, 0.2) is 30.5 Å². The van der Waals surface area contributed by atoms with Crippen molar-refractivity contribution >= 4 is 16.9 Å². The average molecular weight is 396 g/mol. The molecule has 0 atom stereocenters. The number of fused-ring (bicyclic) bond motifs is 1. The molecule has 2 heterocycles. The summed E-state index contributed by atoms with van der Waals surface area (Å²) >= 11 is 0. The molecule has 7 nitrogen and oxygen atoms in total. The number of ether oxygens (including phenoxy) is 2. The largest absolute Gasteiger partial charge is 0.493 e. The fraction of sp³-hybridized carbons (Fsp3) is 0.409. The van der Waals surface area contributed by atoms with E-state index in [4.69, 9.17) is 9.47 Å². The maximum absolute atomic E-state index is 13.3. The van der Waals surface area contributed by atoms with Crippen molar-refractivity contribution in [3.63, 3.8) is 0 Å². The van der Waals surface area contributed by atoms with Gasteiger partial charge in [0.25, 0.3) is 5.91 Å². The molecule has 0 bridgehead atoms. The monoisotopic (exact) mass is 396 g/mol. The van der Waals surface area contributed by atoms with E-state index in [0.29, 0.717) is 35.8 Å². The van der Waals surface area contributed by atoms with Crippen LogP contribution in [0.4, 0.5) is 0 Å². The molecule has 0 saturated carbocycles. The van der Waals surface area contributed by atoms with Crippen molar-refractivity contribution in [3.05, 3.63) is 47.3 Å². The number of hydrogen-bond donors (Lipinski definition) is 0. The second kappa shape index (κ2) is 8.51. The molecule has 0 saturated heterocycles. The number of carbonyl (C=O) groups excluding carboxylic acids is 1. The van der Waals surface area contributed by atoms with Gasteiger partial charge in [0.1, 0.15) is 0 Å². The van der Waals surface area contributed by atoms with Crippen LogP contribution in [0.5, 0.6) is 11.5 Å². The van der Waals surface area contributed by atoms with Gasteiger partial charge in [-0.05, 0) is 51.5 Å². The van der Waals surface area contributed by atoms with E-state index in [0.717, 1.165) is 16.6 Å². The van der Waals surface area contributed by atoms with Crippen LogP contribution in [-0.4, -0.2) is 46.3 Å². The van der Waals surface area contributed by atoms with E-state index in [-0.39, 0.29) is 11.9 Å². The van der Waals surface area contributed by atoms with Gasteiger partial charge in [-0.15, -0.1) is 0 Å². The standard InChI is InChI=1S/C22H28N4O3/c1-7-25(13-16-8-9-19(28-5)20(10-16)29-6)22(27)18-11-17-12-23-26(14(2)3)21(17)24-15(18)4/h8-12,14H,7,13H2,1-6H3. The molecule has 2 aromatic heterocycles. The fourth-order valence-electron chi connectivity index (χ4n) is 3.36. The molecule has 3 rings (SSSR count). The molecule has 29 heavy (non-hydrogen) atoms. The molecule has 1 aromatic carbocycles. The molecule has 7 heteroatoms. The Labute approximate surface area is 171 Å². The molecule has 0 unspecified atom stereocenters. The molecule has 1 amide bonds. The normalized spacial score (nSPS) is 11.1. The Kier molecular flexibility index (Phi) is 6.06. The minimum Gasteiger partial charge on any atom is -0.493 e. The molecule has 0 fully saturated rings. The van der Waals surface area contributed by atoms with Crippen LogP contribution in [0.2, 0.25) is 0 Å². The Bertz CT molecular complexity index is 1030. The zero-order valence-electron chi connectivity index (χ0n) is 17.9. The van der Waals surface area contributed by atoms with Crippen molar-refractivity contribution < 1.29 is 14.3 Å². The Morgan fingerprint density at radius 1 is 1.17 bits per heavy atom. The minimum atomic E-state index is -0.0496. The van der Waals surface area contributed by atoms with Crippen LogP contribution >= 0.6 is 0 Å². The van der Waals surface area contributed by atoms with E-state index in [9.17, 15) is 4.79 Å². The van der Waals surface area contributed by atoms with Gasteiger partial charge in [0.2, 0.25) is 0 Å². The van der Waals surface area contributed by atoms with E-state index >= 15 is 0 Å². The number of methoxy groups -OCH3 is 2. The molecule has 3 aromatic rings. The summed E-state index contributed by atoms with van der Waals surface area (Å²) in [6.07, 6.45) is 1.77. The molecular weight excluding hydrogens is 368 g/mol. The predicted molar refractivity (Wildman–Crippen MR) is 113 cm³/mol. The van der Waals surface area contributed by atoms with E-state index in [1.165, 1.54) is 0 Å². The number of aromatic nitrogens is 3. The van der Waals surface area contributed by atoms with Gasteiger partial charge in [0.05, 0.1) is 31.7 Å². The first-order valence-corrected chi connectivity index (χ1v) is 9.74. The van der Waals surface area contributed by atoms with Gasteiger partial charge < -0.3 is 14.4 Å². The quantitative estimate of drug-likeness (QED) is 0.604. The first-order chi connectivity index (χ1) is 13.9. The summed E-state index contributed by atoms with van der Waals surface area (Å²) in [6, 6.07) is 7.79. The summed E-state index contributed by atoms with van der Waals surface area (Å²) in [5.41, 5.74) is 3.08. The van der Waals surface area contributed by atoms with Crippen molar-refractivity contribution in [1.82, 2.24) is 19.7 Å². The molecule has 0 spiro atoms. The second-order valence-electron chi connectivity index (χ2n) is 7.23. The number of benzene rings is 1. The van der Waals surface area contributed by atoms with Gasteiger partial charge in [-0.2, -0.15) is 5.10 Å². The van der Waals surface area contributed by atoms with E-state index in [1.54, 1.807) is 25.3 Å². The summed E-state index contributed by atoms with van der Waals surface area (Å²) in [5, 5.41) is 5.28. The molecule has 154 valence electrons. The predicted octanol–water partition coefficient (Wildman–Crippen LogP) is 4.00. The van der Waals surface area contributed by atoms with Crippen LogP contribution in [-0.2, 0) is 6.54 Å². The average Bonchev–Trinajstić information content (AvgIpc) is 3.13. The first kappa shape index (κ1) is 20.6. The third-order valence-electron chi connectivity index (χ3n) is 4.97. The number of nitrogens with zero attached hydrogens (tertiary/aromatic N) is 4. The van der Waals surface area contributed by atoms with E-state index < -0.39 is 0 Å². The molecule has 0 N–H and O–H groups in total. The van der Waals surface area contributed by atoms with Crippen molar-refractivity contribution in [2.45, 2.75) is 40.3 Å². The second-order valence-corrected chi connectivity index (χ2v) is 7.23. The summed E-state index contributed by atoms with van der Waals surface area (Å²) in [4.78, 5) is 19.7. The topological polar surface area (TPSA) is 69.5 Å². The van der Waals surface area contributed by atoms with Gasteiger partial charge in [-0.1, -0.05) is 6.07 Å². The van der Waals surface area contributed by atoms with Gasteiger partial charge in [-0.25, -0.2) is 9.67 Å². The fourth-order valence-corrected chi connectivity index (χ4v) is 3.36. The molecule has 0 aliphatic rings. The molecule has 0 radical (unpaired) electrons. The highest BCUT2D eigenvalue weighted by molar-refractivity contribution is 5.98. The Hall–Kier alpha value is -3.09. The SMILES string of the molecule is CCN(Cc1ccc(OC)c(OC)c1)C(=O)c1cc2cnn(C(C)C)c2nc1C. The van der Waals surface area contributed by atoms with Gasteiger partial charge in [0, 0.05) is 24.5 Å². The Balaban J connectivity index is 1.90. The van der Waals surface area contributed by atoms with Crippen molar-refractivity contribution in [2.24, 2.45) is 0 Å². The number of rotatable bonds is 7. The summed E-state index contributed by atoms with van der Waals surface area (Å²) in [7, 11) is 3.21. The van der Waals surface area contributed by atoms with Crippen LogP contribution in [0, 0.1) is 6.92 Å². The number of carbonyl (C=O) groups is 1. The van der Waals surface area contributed by atoms with Crippen molar-refractivity contribution in [1.29, 1.82) is 0 Å². The van der Waals surface area contributed by atoms with Gasteiger partial charge in [-0.3, -0.25) is 4.79 Å². The lowest BCUT2D eigenvalue weighted by Gasteiger charge is -2.22. The van der Waals surface area contributed by atoms with E-state index in [2.05, 4.69) is 23.9 Å². The lowest BCUT2D eigenvalue weighted by molar-refractivity contribution is 0.0751. The Morgan fingerprint density at radius 2 is 1.90 bits per heavy atom. The smallest absolute Gasteiger partial charge is 0.256 e. The summed E-state index contributed by atoms with van der Waals surface area (Å²) in [6.45, 7) is 9.01. The third-order valence-corrected chi connectivity index (χ3v) is 4.97. The third kappa shape index (κ3) is 4.04. The summed E-state index contributed by atoms with van der Waals surface area (Å²) < 4.78 is 12.5. The number of aryl methyl sites for hydroxylation is 1. The highest BCUT2D eigenvalue weighted by atomic mass is 16.5. The highest BCUT2D eigenvalue weighted by Gasteiger charge is 2.20. The number of pyridine rings is 1. The molecule has 0 aliphatic heterocycles. The zero-order valence-corrected chi connectivity index (χ0v) is 17.9. The maximum Gasteiger partial charge on any atom is 0.256 e. The molecular formula is C22H28N4O3. The van der Waals surface area contributed by atoms with E-state index in [1.807, 2.05) is 42.8 Å². The van der Waals surface area contributed by atoms with Crippen LogP contribution < -0.4 is 9.47 Å². The lowest BCUT2D eigenvalue weighted by Crippen LogP contribution is -2.31. The minimum absolute atomic E-state index is 0.0496. The van der Waals surface area contributed by atoms with Crippen molar-refractivity contribution in [3.8, 4) is 11.5 Å². The van der Waals surface area contributed by atoms with Gasteiger partial charge >= 0.3 is 0 Å². The van der Waals surface area contributed by atoms with Crippen LogP contribution in [0.25, 0.3) is 11.0 Å². The number of hydrogen-bond acceptors (Lipinski definition) is 5.